The number of fused-ring (bicyclic) bond motifs is 1. The zero-order valence-electron chi connectivity index (χ0n) is 10.0. The fraction of sp³-hybridized carbons (Fsp3) is 0.214. The Kier molecular flexibility index (Phi) is 2.87. The predicted molar refractivity (Wildman–Crippen MR) is 65.4 cm³/mol. The van der Waals surface area contributed by atoms with E-state index in [4.69, 9.17) is 13.9 Å². The van der Waals surface area contributed by atoms with Gasteiger partial charge in [-0.3, -0.25) is 4.79 Å². The van der Waals surface area contributed by atoms with Crippen molar-refractivity contribution in [1.29, 1.82) is 0 Å². The van der Waals surface area contributed by atoms with Gasteiger partial charge >= 0.3 is 5.97 Å². The monoisotopic (exact) mass is 260 g/mol. The van der Waals surface area contributed by atoms with Crippen LogP contribution in [0.2, 0.25) is 0 Å². The third-order valence-electron chi connectivity index (χ3n) is 3.08. The maximum absolute atomic E-state index is 11.4. The quantitative estimate of drug-likeness (QED) is 0.914. The molecule has 2 heterocycles. The van der Waals surface area contributed by atoms with E-state index in [0.29, 0.717) is 29.2 Å². The van der Waals surface area contributed by atoms with Crippen molar-refractivity contribution in [1.82, 2.24) is 0 Å². The minimum Gasteiger partial charge on any atom is -0.481 e. The van der Waals surface area contributed by atoms with E-state index in [-0.39, 0.29) is 6.79 Å². The lowest BCUT2D eigenvalue weighted by molar-refractivity contribution is -0.138. The molecule has 0 saturated carbocycles. The number of carbonyl (C=O) groups is 1. The number of ether oxygens (including phenoxy) is 2. The van der Waals surface area contributed by atoms with Crippen molar-refractivity contribution in [3.05, 3.63) is 47.9 Å². The van der Waals surface area contributed by atoms with Gasteiger partial charge in [-0.15, -0.1) is 0 Å². The zero-order chi connectivity index (χ0) is 13.2. The molecule has 1 aromatic carbocycles. The number of carboxylic acid groups (broad SMARTS) is 1. The van der Waals surface area contributed by atoms with Gasteiger partial charge in [0.1, 0.15) is 5.76 Å². The van der Waals surface area contributed by atoms with Crippen molar-refractivity contribution in [2.75, 3.05) is 6.79 Å². The molecule has 2 aromatic rings. The first-order valence-electron chi connectivity index (χ1n) is 5.89. The largest absolute Gasteiger partial charge is 0.481 e. The summed E-state index contributed by atoms with van der Waals surface area (Å²) in [5, 5.41) is 9.36. The summed E-state index contributed by atoms with van der Waals surface area (Å²) in [6, 6.07) is 8.70. The highest BCUT2D eigenvalue weighted by Crippen LogP contribution is 2.35. The van der Waals surface area contributed by atoms with Gasteiger partial charge in [0.2, 0.25) is 6.79 Å². The van der Waals surface area contributed by atoms with Gasteiger partial charge in [-0.2, -0.15) is 0 Å². The second-order valence-corrected chi connectivity index (χ2v) is 4.29. The van der Waals surface area contributed by atoms with E-state index in [1.54, 1.807) is 30.3 Å². The highest BCUT2D eigenvalue weighted by atomic mass is 16.7. The van der Waals surface area contributed by atoms with Gasteiger partial charge in [0, 0.05) is 6.42 Å². The molecule has 1 aliphatic heterocycles. The van der Waals surface area contributed by atoms with Crippen LogP contribution in [0, 0.1) is 0 Å². The molecule has 0 aliphatic carbocycles. The van der Waals surface area contributed by atoms with Crippen LogP contribution in [-0.4, -0.2) is 17.9 Å². The van der Waals surface area contributed by atoms with E-state index in [1.165, 1.54) is 6.26 Å². The third-order valence-corrected chi connectivity index (χ3v) is 3.08. The van der Waals surface area contributed by atoms with Gasteiger partial charge in [0.25, 0.3) is 0 Å². The van der Waals surface area contributed by atoms with Crippen LogP contribution in [0.5, 0.6) is 11.5 Å². The Balaban J connectivity index is 1.89. The molecule has 5 nitrogen and oxygen atoms in total. The molecule has 0 saturated heterocycles. The minimum atomic E-state index is -0.893. The zero-order valence-corrected chi connectivity index (χ0v) is 10.0. The molecule has 1 aromatic heterocycles. The number of hydrogen-bond acceptors (Lipinski definition) is 4. The van der Waals surface area contributed by atoms with Gasteiger partial charge in [0.05, 0.1) is 12.2 Å². The fourth-order valence-electron chi connectivity index (χ4n) is 2.11. The lowest BCUT2D eigenvalue weighted by atomic mass is 9.94. The van der Waals surface area contributed by atoms with Crippen molar-refractivity contribution < 1.29 is 23.8 Å². The molecule has 1 atom stereocenters. The second-order valence-electron chi connectivity index (χ2n) is 4.29. The smallest absolute Gasteiger partial charge is 0.311 e. The van der Waals surface area contributed by atoms with Crippen LogP contribution in [0.4, 0.5) is 0 Å². The van der Waals surface area contributed by atoms with Gasteiger partial charge in [0.15, 0.2) is 11.5 Å². The highest BCUT2D eigenvalue weighted by Gasteiger charge is 2.24. The van der Waals surface area contributed by atoms with Crippen molar-refractivity contribution in [3.8, 4) is 11.5 Å². The maximum Gasteiger partial charge on any atom is 0.311 e. The lowest BCUT2D eigenvalue weighted by Gasteiger charge is -2.11. The second kappa shape index (κ2) is 4.68. The molecule has 1 N–H and O–H groups in total. The van der Waals surface area contributed by atoms with E-state index in [9.17, 15) is 9.90 Å². The minimum absolute atomic E-state index is 0.175. The molecule has 0 bridgehead atoms. The first-order chi connectivity index (χ1) is 9.24. The number of benzene rings is 1. The Morgan fingerprint density at radius 1 is 1.26 bits per heavy atom. The molecule has 5 heteroatoms. The van der Waals surface area contributed by atoms with E-state index >= 15 is 0 Å². The molecular weight excluding hydrogens is 248 g/mol. The Bertz CT molecular complexity index is 588. The topological polar surface area (TPSA) is 68.9 Å². The van der Waals surface area contributed by atoms with Crippen LogP contribution in [0.3, 0.4) is 0 Å². The molecule has 3 rings (SSSR count). The molecular formula is C14H12O5. The van der Waals surface area contributed by atoms with Gasteiger partial charge in [-0.05, 0) is 29.8 Å². The molecule has 0 spiro atoms. The van der Waals surface area contributed by atoms with E-state index in [1.807, 2.05) is 0 Å². The summed E-state index contributed by atoms with van der Waals surface area (Å²) >= 11 is 0. The van der Waals surface area contributed by atoms with Crippen LogP contribution < -0.4 is 9.47 Å². The Morgan fingerprint density at radius 2 is 2.11 bits per heavy atom. The number of rotatable bonds is 4. The van der Waals surface area contributed by atoms with Crippen LogP contribution in [-0.2, 0) is 11.2 Å². The van der Waals surface area contributed by atoms with Crippen molar-refractivity contribution in [2.24, 2.45) is 0 Å². The molecule has 0 amide bonds. The van der Waals surface area contributed by atoms with E-state index in [2.05, 4.69) is 0 Å². The summed E-state index contributed by atoms with van der Waals surface area (Å²) in [4.78, 5) is 11.4. The summed E-state index contributed by atoms with van der Waals surface area (Å²) in [6.07, 6.45) is 1.84. The average molecular weight is 260 g/mol. The predicted octanol–water partition coefficient (Wildman–Crippen LogP) is 2.42. The van der Waals surface area contributed by atoms with Crippen molar-refractivity contribution in [2.45, 2.75) is 12.3 Å². The van der Waals surface area contributed by atoms with Gasteiger partial charge < -0.3 is 19.0 Å². The summed E-state index contributed by atoms with van der Waals surface area (Å²) in [5.41, 5.74) is 0.674. The summed E-state index contributed by atoms with van der Waals surface area (Å²) in [6.45, 7) is 0.175. The summed E-state index contributed by atoms with van der Waals surface area (Å²) in [5.74, 6) is 0.315. The molecule has 1 aliphatic rings. The standard InChI is InChI=1S/C14H12O5/c15-14(16)11(7-10-2-1-5-17-10)9-3-4-12-13(6-9)19-8-18-12/h1-6,11H,7-8H2,(H,15,16). The molecule has 0 fully saturated rings. The van der Waals surface area contributed by atoms with Crippen molar-refractivity contribution >= 4 is 5.97 Å². The fourth-order valence-corrected chi connectivity index (χ4v) is 2.11. The lowest BCUT2D eigenvalue weighted by Crippen LogP contribution is -2.14. The first-order valence-corrected chi connectivity index (χ1v) is 5.89. The first kappa shape index (κ1) is 11.6. The molecule has 19 heavy (non-hydrogen) atoms. The Hall–Kier alpha value is -2.43. The number of furan rings is 1. The van der Waals surface area contributed by atoms with Gasteiger partial charge in [-0.25, -0.2) is 0 Å². The van der Waals surface area contributed by atoms with E-state index < -0.39 is 11.9 Å². The van der Waals surface area contributed by atoms with Crippen LogP contribution in [0.15, 0.2) is 41.0 Å². The number of hydrogen-bond donors (Lipinski definition) is 1. The normalized spacial score (nSPS) is 14.3. The Labute approximate surface area is 109 Å². The van der Waals surface area contributed by atoms with Crippen molar-refractivity contribution in [3.63, 3.8) is 0 Å². The molecule has 98 valence electrons. The van der Waals surface area contributed by atoms with Crippen LogP contribution >= 0.6 is 0 Å². The molecule has 1 unspecified atom stereocenters. The number of carboxylic acids is 1. The average Bonchev–Trinajstić information content (AvgIpc) is 3.05. The molecule has 0 radical (unpaired) electrons. The van der Waals surface area contributed by atoms with Crippen LogP contribution in [0.25, 0.3) is 0 Å². The van der Waals surface area contributed by atoms with Crippen LogP contribution in [0.1, 0.15) is 17.2 Å². The van der Waals surface area contributed by atoms with E-state index in [0.717, 1.165) is 0 Å². The highest BCUT2D eigenvalue weighted by molar-refractivity contribution is 5.76. The summed E-state index contributed by atoms with van der Waals surface area (Å²) < 4.78 is 15.7. The number of aliphatic carboxylic acids is 1. The summed E-state index contributed by atoms with van der Waals surface area (Å²) in [7, 11) is 0. The van der Waals surface area contributed by atoms with Gasteiger partial charge in [-0.1, -0.05) is 6.07 Å². The Morgan fingerprint density at radius 3 is 2.84 bits per heavy atom. The maximum atomic E-state index is 11.4. The SMILES string of the molecule is O=C(O)C(Cc1ccco1)c1ccc2c(c1)OCO2. The third kappa shape index (κ3) is 2.27.